The smallest absolute Gasteiger partial charge is 0.307 e. The number of carbonyl (C=O) groups is 1. The average Bonchev–Trinajstić information content (AvgIpc) is 3.03. The first-order valence-corrected chi connectivity index (χ1v) is 8.46. The van der Waals surface area contributed by atoms with Crippen LogP contribution >= 0.6 is 22.9 Å². The van der Waals surface area contributed by atoms with Crippen molar-refractivity contribution in [3.63, 3.8) is 0 Å². The Morgan fingerprint density at radius 2 is 2.17 bits per heavy atom. The van der Waals surface area contributed by atoms with Crippen LogP contribution in [0.25, 0.3) is 10.9 Å². The van der Waals surface area contributed by atoms with Gasteiger partial charge in [-0.25, -0.2) is 0 Å². The van der Waals surface area contributed by atoms with Crippen molar-refractivity contribution in [3.05, 3.63) is 50.6 Å². The Morgan fingerprint density at radius 3 is 2.75 bits per heavy atom. The molecule has 3 rings (SSSR count). The molecular formula is C17H15ClFNO3S. The molecular weight excluding hydrogens is 353 g/mol. The van der Waals surface area contributed by atoms with Gasteiger partial charge in [0.05, 0.1) is 24.1 Å². The number of hydrogen-bond acceptors (Lipinski definition) is 3. The van der Waals surface area contributed by atoms with Crippen LogP contribution < -0.4 is 4.74 Å². The molecule has 0 unspecified atom stereocenters. The molecule has 24 heavy (non-hydrogen) atoms. The Hall–Kier alpha value is -2.05. The van der Waals surface area contributed by atoms with Gasteiger partial charge < -0.3 is 14.4 Å². The zero-order valence-electron chi connectivity index (χ0n) is 13.1. The van der Waals surface area contributed by atoms with Gasteiger partial charge in [0.2, 0.25) is 0 Å². The molecule has 0 radical (unpaired) electrons. The molecule has 0 atom stereocenters. The summed E-state index contributed by atoms with van der Waals surface area (Å²) in [5.74, 6) is -0.415. The Kier molecular flexibility index (Phi) is 4.51. The van der Waals surface area contributed by atoms with E-state index >= 15 is 0 Å². The van der Waals surface area contributed by atoms with Crippen LogP contribution in [0.15, 0.2) is 23.6 Å². The molecule has 0 aliphatic carbocycles. The van der Waals surface area contributed by atoms with Gasteiger partial charge in [-0.3, -0.25) is 4.79 Å². The quantitative estimate of drug-likeness (QED) is 0.723. The van der Waals surface area contributed by atoms with E-state index in [9.17, 15) is 14.3 Å². The minimum absolute atomic E-state index is 0.0991. The van der Waals surface area contributed by atoms with Gasteiger partial charge in [0.15, 0.2) is 5.13 Å². The lowest BCUT2D eigenvalue weighted by molar-refractivity contribution is -0.136. The van der Waals surface area contributed by atoms with E-state index < -0.39 is 5.97 Å². The number of benzene rings is 1. The van der Waals surface area contributed by atoms with Crippen molar-refractivity contribution in [3.8, 4) is 5.75 Å². The minimum atomic E-state index is -0.910. The Bertz CT molecular complexity index is 932. The molecule has 0 saturated heterocycles. The molecule has 0 amide bonds. The fourth-order valence-electron chi connectivity index (χ4n) is 2.89. The highest BCUT2D eigenvalue weighted by Gasteiger charge is 2.19. The number of hydrogen-bond donors (Lipinski definition) is 1. The lowest BCUT2D eigenvalue weighted by atomic mass is 10.1. The number of ether oxygens (including phenoxy) is 1. The van der Waals surface area contributed by atoms with E-state index in [1.165, 1.54) is 13.2 Å². The predicted molar refractivity (Wildman–Crippen MR) is 93.0 cm³/mol. The van der Waals surface area contributed by atoms with Crippen LogP contribution in [0, 0.1) is 12.1 Å². The van der Waals surface area contributed by atoms with Gasteiger partial charge in [-0.15, -0.1) is 11.3 Å². The lowest BCUT2D eigenvalue weighted by Crippen LogP contribution is -2.04. The molecule has 126 valence electrons. The van der Waals surface area contributed by atoms with Gasteiger partial charge in [-0.05, 0) is 41.6 Å². The predicted octanol–water partition coefficient (Wildman–Crippen LogP) is 4.49. The van der Waals surface area contributed by atoms with Crippen LogP contribution in [0.4, 0.5) is 4.39 Å². The molecule has 7 heteroatoms. The number of halogens is 2. The van der Waals surface area contributed by atoms with Crippen molar-refractivity contribution in [1.29, 1.82) is 0 Å². The second-order valence-corrected chi connectivity index (χ2v) is 6.75. The molecule has 3 aromatic rings. The van der Waals surface area contributed by atoms with Crippen molar-refractivity contribution in [1.82, 2.24) is 4.57 Å². The monoisotopic (exact) mass is 367 g/mol. The maximum atomic E-state index is 13.3. The molecule has 0 spiro atoms. The average molecular weight is 368 g/mol. The van der Waals surface area contributed by atoms with Gasteiger partial charge in [0.25, 0.3) is 0 Å². The van der Waals surface area contributed by atoms with Gasteiger partial charge in [-0.1, -0.05) is 11.6 Å². The van der Waals surface area contributed by atoms with Gasteiger partial charge in [0, 0.05) is 17.6 Å². The third-order valence-corrected chi connectivity index (χ3v) is 5.08. The summed E-state index contributed by atoms with van der Waals surface area (Å²) in [4.78, 5) is 11.2. The molecule has 1 aromatic carbocycles. The number of rotatable bonds is 5. The molecule has 0 aliphatic rings. The number of nitrogens with zero attached hydrogens (tertiary/aromatic N) is 1. The zero-order valence-corrected chi connectivity index (χ0v) is 14.7. The fraction of sp³-hybridized carbons (Fsp3) is 0.235. The standard InChI is InChI=1S/C17H15ClFNO3S/c1-9-11(5-17(21)22)12-4-15(23-2)13(18)6-14(12)20(9)7-10-3-16(19)24-8-10/h3-4,6,8H,5,7H2,1-2H3,(H,21,22). The fourth-order valence-corrected chi connectivity index (χ4v) is 3.75. The Balaban J connectivity index is 2.21. The van der Waals surface area contributed by atoms with Crippen molar-refractivity contribution < 1.29 is 19.0 Å². The van der Waals surface area contributed by atoms with Gasteiger partial charge in [0.1, 0.15) is 5.75 Å². The minimum Gasteiger partial charge on any atom is -0.495 e. The number of aliphatic carboxylic acids is 1. The first kappa shape index (κ1) is 16.8. The van der Waals surface area contributed by atoms with E-state index in [4.69, 9.17) is 16.3 Å². The normalized spacial score (nSPS) is 11.2. The van der Waals surface area contributed by atoms with Crippen LogP contribution in [0.1, 0.15) is 16.8 Å². The molecule has 0 saturated carbocycles. The number of aromatic nitrogens is 1. The Labute approximate surface area is 147 Å². The topological polar surface area (TPSA) is 51.5 Å². The van der Waals surface area contributed by atoms with E-state index in [1.54, 1.807) is 17.5 Å². The van der Waals surface area contributed by atoms with Gasteiger partial charge >= 0.3 is 5.97 Å². The number of fused-ring (bicyclic) bond motifs is 1. The summed E-state index contributed by atoms with van der Waals surface area (Å²) in [6, 6.07) is 5.00. The van der Waals surface area contributed by atoms with E-state index in [2.05, 4.69) is 0 Å². The van der Waals surface area contributed by atoms with Crippen LogP contribution in [-0.4, -0.2) is 22.8 Å². The summed E-state index contributed by atoms with van der Waals surface area (Å²) < 4.78 is 20.5. The lowest BCUT2D eigenvalue weighted by Gasteiger charge is -2.08. The van der Waals surface area contributed by atoms with Crippen LogP contribution in [0.3, 0.4) is 0 Å². The van der Waals surface area contributed by atoms with Crippen LogP contribution in [0.5, 0.6) is 5.75 Å². The number of carboxylic acids is 1. The third kappa shape index (κ3) is 2.99. The Morgan fingerprint density at radius 1 is 1.42 bits per heavy atom. The van der Waals surface area contributed by atoms with E-state index in [0.717, 1.165) is 33.5 Å². The molecule has 0 fully saturated rings. The summed E-state index contributed by atoms with van der Waals surface area (Å²) in [5, 5.41) is 12.0. The van der Waals surface area contributed by atoms with Crippen molar-refractivity contribution in [2.45, 2.75) is 19.9 Å². The number of methoxy groups -OCH3 is 1. The zero-order chi connectivity index (χ0) is 17.4. The molecule has 2 heterocycles. The largest absolute Gasteiger partial charge is 0.495 e. The highest BCUT2D eigenvalue weighted by molar-refractivity contribution is 7.08. The first-order chi connectivity index (χ1) is 11.4. The van der Waals surface area contributed by atoms with E-state index in [-0.39, 0.29) is 11.6 Å². The second kappa shape index (κ2) is 6.45. The summed E-state index contributed by atoms with van der Waals surface area (Å²) in [6.07, 6.45) is -0.0991. The number of carboxylic acid groups (broad SMARTS) is 1. The van der Waals surface area contributed by atoms with Gasteiger partial charge in [-0.2, -0.15) is 4.39 Å². The number of thiophene rings is 1. The van der Waals surface area contributed by atoms with E-state index in [1.807, 2.05) is 11.5 Å². The van der Waals surface area contributed by atoms with Crippen molar-refractivity contribution in [2.24, 2.45) is 0 Å². The second-order valence-electron chi connectivity index (χ2n) is 5.48. The summed E-state index contributed by atoms with van der Waals surface area (Å²) in [5.41, 5.74) is 3.17. The highest BCUT2D eigenvalue weighted by Crippen LogP contribution is 2.35. The van der Waals surface area contributed by atoms with E-state index in [0.29, 0.717) is 22.9 Å². The van der Waals surface area contributed by atoms with Crippen molar-refractivity contribution >= 4 is 39.8 Å². The summed E-state index contributed by atoms with van der Waals surface area (Å²) >= 11 is 7.28. The molecule has 4 nitrogen and oxygen atoms in total. The third-order valence-electron chi connectivity index (χ3n) is 4.02. The highest BCUT2D eigenvalue weighted by atomic mass is 35.5. The maximum Gasteiger partial charge on any atom is 0.307 e. The first-order valence-electron chi connectivity index (χ1n) is 7.20. The molecule has 0 bridgehead atoms. The van der Waals surface area contributed by atoms with Crippen molar-refractivity contribution in [2.75, 3.05) is 7.11 Å². The van der Waals surface area contributed by atoms with Crippen LogP contribution in [-0.2, 0) is 17.8 Å². The molecule has 2 aromatic heterocycles. The van der Waals surface area contributed by atoms with Crippen LogP contribution in [0.2, 0.25) is 5.02 Å². The summed E-state index contributed by atoms with van der Waals surface area (Å²) in [6.45, 7) is 2.31. The summed E-state index contributed by atoms with van der Waals surface area (Å²) in [7, 11) is 1.52. The molecule has 1 N–H and O–H groups in total. The SMILES string of the molecule is COc1cc2c(CC(=O)O)c(C)n(Cc3csc(F)c3)c2cc1Cl. The molecule has 0 aliphatic heterocycles. The maximum absolute atomic E-state index is 13.3.